The molecule has 8 aromatic rings. The van der Waals surface area contributed by atoms with Crippen LogP contribution in [0.4, 0.5) is 0 Å². The molecule has 6 aromatic carbocycles. The molecule has 4 bridgehead atoms. The number of hydrogen-bond acceptors (Lipinski definition) is 4. The van der Waals surface area contributed by atoms with Crippen molar-refractivity contribution in [2.75, 3.05) is 0 Å². The Bertz CT molecular complexity index is 2730. The number of benzene rings is 6. The minimum atomic E-state index is 0.0207. The van der Waals surface area contributed by atoms with Gasteiger partial charge in [0.1, 0.15) is 17.0 Å². The van der Waals surface area contributed by atoms with Gasteiger partial charge in [-0.05, 0) is 107 Å². The standard InChI is InChI=1S/C49H39N3O/c1-2-10-34(11-3-1)35-18-20-36(21-19-35)46-50-47(52-48(51-46)49-28-31-24-32(29-49)26-33(25-31)30-49)37-22-23-43-41-15-7-5-13-39(41)38-12-4-6-14-40(38)42-16-8-9-17-44(42)53-45(43)27-37/h1-23,27,31-33H,24-26,28-30H2/t31-,32-,33?,49?/m1/s1. The molecule has 0 aliphatic heterocycles. The second-order valence-electron chi connectivity index (χ2n) is 15.8. The van der Waals surface area contributed by atoms with Crippen molar-refractivity contribution >= 4 is 43.5 Å². The molecule has 0 atom stereocenters. The number of hydrogen-bond donors (Lipinski definition) is 0. The summed E-state index contributed by atoms with van der Waals surface area (Å²) in [5, 5.41) is 6.78. The molecule has 4 aliphatic carbocycles. The first kappa shape index (κ1) is 30.7. The van der Waals surface area contributed by atoms with Gasteiger partial charge in [-0.1, -0.05) is 127 Å². The van der Waals surface area contributed by atoms with Crippen LogP contribution in [0, 0.1) is 17.8 Å². The molecule has 0 N–H and O–H groups in total. The summed E-state index contributed by atoms with van der Waals surface area (Å²) >= 11 is 0. The van der Waals surface area contributed by atoms with Crippen LogP contribution in [0.25, 0.3) is 77.4 Å². The summed E-state index contributed by atoms with van der Waals surface area (Å²) in [6, 6.07) is 51.5. The van der Waals surface area contributed by atoms with Gasteiger partial charge < -0.3 is 4.42 Å². The highest BCUT2D eigenvalue weighted by Crippen LogP contribution is 2.60. The highest BCUT2D eigenvalue weighted by atomic mass is 16.3. The average molecular weight is 686 g/mol. The fourth-order valence-electron chi connectivity index (χ4n) is 10.5. The summed E-state index contributed by atoms with van der Waals surface area (Å²) in [7, 11) is 0. The lowest BCUT2D eigenvalue weighted by Crippen LogP contribution is -2.49. The van der Waals surface area contributed by atoms with Gasteiger partial charge in [-0.25, -0.2) is 15.0 Å². The van der Waals surface area contributed by atoms with E-state index in [-0.39, 0.29) is 5.41 Å². The Kier molecular flexibility index (Phi) is 7.01. The molecule has 4 aliphatic rings. The maximum Gasteiger partial charge on any atom is 0.163 e. The van der Waals surface area contributed by atoms with Crippen LogP contribution in [0.2, 0.25) is 0 Å². The van der Waals surface area contributed by atoms with Gasteiger partial charge in [0.15, 0.2) is 11.6 Å². The van der Waals surface area contributed by atoms with Gasteiger partial charge in [-0.2, -0.15) is 0 Å². The van der Waals surface area contributed by atoms with Crippen molar-refractivity contribution in [1.29, 1.82) is 0 Å². The third-order valence-electron chi connectivity index (χ3n) is 12.5. The average Bonchev–Trinajstić information content (AvgIpc) is 3.25. The normalized spacial score (nSPS) is 21.8. The molecule has 4 saturated carbocycles. The predicted octanol–water partition coefficient (Wildman–Crippen LogP) is 12.7. The highest BCUT2D eigenvalue weighted by Gasteiger charge is 2.53. The Hall–Kier alpha value is -5.87. The molecule has 0 spiro atoms. The molecule has 0 amide bonds. The highest BCUT2D eigenvalue weighted by molar-refractivity contribution is 6.18. The molecule has 2 aromatic heterocycles. The zero-order chi connectivity index (χ0) is 34.9. The van der Waals surface area contributed by atoms with E-state index in [1.165, 1.54) is 60.4 Å². The Morgan fingerprint density at radius 2 is 0.849 bits per heavy atom. The molecule has 256 valence electrons. The lowest BCUT2D eigenvalue weighted by molar-refractivity contribution is -0.00938. The molecule has 12 rings (SSSR count). The van der Waals surface area contributed by atoms with Gasteiger partial charge in [0.2, 0.25) is 0 Å². The van der Waals surface area contributed by atoms with Crippen LogP contribution in [0.5, 0.6) is 0 Å². The summed E-state index contributed by atoms with van der Waals surface area (Å²) in [6.07, 6.45) is 7.70. The summed E-state index contributed by atoms with van der Waals surface area (Å²) in [5.74, 6) is 4.80. The summed E-state index contributed by atoms with van der Waals surface area (Å²) in [6.45, 7) is 0. The van der Waals surface area contributed by atoms with Crippen molar-refractivity contribution in [3.8, 4) is 33.9 Å². The monoisotopic (exact) mass is 685 g/mol. The summed E-state index contributed by atoms with van der Waals surface area (Å²) in [4.78, 5) is 16.1. The molecule has 0 radical (unpaired) electrons. The van der Waals surface area contributed by atoms with Gasteiger partial charge >= 0.3 is 0 Å². The summed E-state index contributed by atoms with van der Waals surface area (Å²) in [5.41, 5.74) is 5.98. The lowest BCUT2D eigenvalue weighted by Gasteiger charge is -2.56. The maximum absolute atomic E-state index is 6.97. The summed E-state index contributed by atoms with van der Waals surface area (Å²) < 4.78 is 6.97. The van der Waals surface area contributed by atoms with Crippen LogP contribution in [-0.2, 0) is 5.41 Å². The smallest absolute Gasteiger partial charge is 0.163 e. The number of rotatable bonds is 4. The number of nitrogens with zero attached hydrogens (tertiary/aromatic N) is 3. The minimum absolute atomic E-state index is 0.0207. The van der Waals surface area contributed by atoms with Crippen molar-refractivity contribution < 1.29 is 4.42 Å². The number of aromatic nitrogens is 3. The van der Waals surface area contributed by atoms with Crippen molar-refractivity contribution in [2.24, 2.45) is 17.8 Å². The Balaban J connectivity index is 1.14. The SMILES string of the molecule is c1ccc(-c2ccc(-c3nc(-c4ccc5c(c4)oc4ccccc4c4ccccc4c4ccccc54)nc(C45CC6C[C@H](C4)C[C@H](C6)C5)n3)cc2)cc1. The molecule has 4 heteroatoms. The third-order valence-corrected chi connectivity index (χ3v) is 12.5. The fraction of sp³-hybridized carbons (Fsp3) is 0.204. The Morgan fingerprint density at radius 3 is 1.47 bits per heavy atom. The van der Waals surface area contributed by atoms with E-state index < -0.39 is 0 Å². The molecule has 4 nitrogen and oxygen atoms in total. The van der Waals surface area contributed by atoms with Gasteiger partial charge in [0, 0.05) is 27.3 Å². The topological polar surface area (TPSA) is 51.8 Å². The van der Waals surface area contributed by atoms with Crippen LogP contribution in [0.3, 0.4) is 0 Å². The first-order valence-corrected chi connectivity index (χ1v) is 19.2. The maximum atomic E-state index is 6.97. The van der Waals surface area contributed by atoms with Gasteiger partial charge in [0.25, 0.3) is 0 Å². The predicted molar refractivity (Wildman–Crippen MR) is 216 cm³/mol. The Labute approximate surface area is 308 Å². The van der Waals surface area contributed by atoms with Crippen LogP contribution in [-0.4, -0.2) is 15.0 Å². The van der Waals surface area contributed by atoms with Crippen molar-refractivity contribution in [3.63, 3.8) is 0 Å². The zero-order valence-electron chi connectivity index (χ0n) is 29.6. The van der Waals surface area contributed by atoms with Crippen LogP contribution < -0.4 is 0 Å². The number of fused-ring (bicyclic) bond motifs is 7. The van der Waals surface area contributed by atoms with Crippen LogP contribution in [0.15, 0.2) is 150 Å². The molecule has 53 heavy (non-hydrogen) atoms. The largest absolute Gasteiger partial charge is 0.456 e. The van der Waals surface area contributed by atoms with E-state index in [4.69, 9.17) is 19.4 Å². The van der Waals surface area contributed by atoms with Crippen LogP contribution in [0.1, 0.15) is 44.3 Å². The Morgan fingerprint density at radius 1 is 0.396 bits per heavy atom. The van der Waals surface area contributed by atoms with E-state index in [1.807, 2.05) is 0 Å². The molecule has 0 saturated heterocycles. The quantitative estimate of drug-likeness (QED) is 0.185. The van der Waals surface area contributed by atoms with E-state index in [9.17, 15) is 0 Å². The van der Waals surface area contributed by atoms with Crippen molar-refractivity contribution in [2.45, 2.75) is 43.9 Å². The first-order valence-electron chi connectivity index (χ1n) is 19.2. The second-order valence-corrected chi connectivity index (χ2v) is 15.8. The van der Waals surface area contributed by atoms with Gasteiger partial charge in [0.05, 0.1) is 0 Å². The molecular formula is C49H39N3O. The zero-order valence-corrected chi connectivity index (χ0v) is 29.6. The lowest BCUT2D eigenvalue weighted by atomic mass is 9.49. The van der Waals surface area contributed by atoms with Gasteiger partial charge in [-0.15, -0.1) is 0 Å². The van der Waals surface area contributed by atoms with E-state index in [2.05, 4.69) is 146 Å². The molecule has 2 heterocycles. The third kappa shape index (κ3) is 5.22. The van der Waals surface area contributed by atoms with Crippen molar-refractivity contribution in [3.05, 3.63) is 151 Å². The van der Waals surface area contributed by atoms with E-state index in [1.54, 1.807) is 0 Å². The number of para-hydroxylation sites is 1. The molecular weight excluding hydrogens is 647 g/mol. The second kappa shape index (κ2) is 12.1. The van der Waals surface area contributed by atoms with E-state index in [0.717, 1.165) is 73.2 Å². The van der Waals surface area contributed by atoms with Crippen molar-refractivity contribution in [1.82, 2.24) is 15.0 Å². The van der Waals surface area contributed by atoms with Crippen LogP contribution >= 0.6 is 0 Å². The molecule has 4 fully saturated rings. The molecule has 0 unspecified atom stereocenters. The van der Waals surface area contributed by atoms with E-state index in [0.29, 0.717) is 5.82 Å². The van der Waals surface area contributed by atoms with E-state index >= 15 is 0 Å². The first-order chi connectivity index (χ1) is 26.2. The minimum Gasteiger partial charge on any atom is -0.456 e. The van der Waals surface area contributed by atoms with Gasteiger partial charge in [-0.3, -0.25) is 0 Å². The fourth-order valence-corrected chi connectivity index (χ4v) is 10.5.